The largest absolute Gasteiger partial charge is 0.479 e. The van der Waals surface area contributed by atoms with E-state index in [-0.39, 0.29) is 11.8 Å². The molecular weight excluding hydrogens is 376 g/mol. The molecule has 0 aromatic heterocycles. The standard InChI is InChI=1S/C21H22N2O4S/c1-13(28-17-9-7-16(8-10-17)22-14(2)24)20(25)23-12-11-15-5-3-4-6-18(15)19(23)21(26)27/h3-10,13,19H,11-12H2,1-2H3,(H,22,24)(H,26,27). The average molecular weight is 398 g/mol. The minimum absolute atomic E-state index is 0.144. The van der Waals surface area contributed by atoms with Crippen molar-refractivity contribution in [3.05, 3.63) is 59.7 Å². The molecule has 1 heterocycles. The van der Waals surface area contributed by atoms with Crippen molar-refractivity contribution in [1.29, 1.82) is 0 Å². The SMILES string of the molecule is CC(=O)Nc1ccc(SC(C)C(=O)N2CCc3ccccc3C2C(=O)O)cc1. The first-order chi connectivity index (χ1) is 13.4. The van der Waals surface area contributed by atoms with Crippen molar-refractivity contribution >= 4 is 35.2 Å². The molecule has 0 aliphatic carbocycles. The van der Waals surface area contributed by atoms with Crippen molar-refractivity contribution in [2.24, 2.45) is 0 Å². The van der Waals surface area contributed by atoms with Gasteiger partial charge in [-0.15, -0.1) is 11.8 Å². The number of amides is 2. The lowest BCUT2D eigenvalue weighted by atomic mass is 9.92. The Morgan fingerprint density at radius 1 is 1.14 bits per heavy atom. The summed E-state index contributed by atoms with van der Waals surface area (Å²) >= 11 is 1.37. The first kappa shape index (κ1) is 19.9. The van der Waals surface area contributed by atoms with Crippen LogP contribution in [0.4, 0.5) is 5.69 Å². The number of carbonyl (C=O) groups excluding carboxylic acids is 2. The second-order valence-electron chi connectivity index (χ2n) is 6.69. The van der Waals surface area contributed by atoms with Crippen LogP contribution in [-0.4, -0.2) is 39.6 Å². The lowest BCUT2D eigenvalue weighted by Crippen LogP contribution is -2.46. The summed E-state index contributed by atoms with van der Waals surface area (Å²) in [5.41, 5.74) is 2.36. The maximum Gasteiger partial charge on any atom is 0.331 e. The molecule has 0 fully saturated rings. The van der Waals surface area contributed by atoms with Gasteiger partial charge in [-0.05, 0) is 48.7 Å². The van der Waals surface area contributed by atoms with Gasteiger partial charge in [0.1, 0.15) is 0 Å². The van der Waals surface area contributed by atoms with Gasteiger partial charge in [-0.25, -0.2) is 4.79 Å². The molecule has 2 aromatic carbocycles. The molecule has 0 spiro atoms. The highest BCUT2D eigenvalue weighted by Crippen LogP contribution is 2.33. The van der Waals surface area contributed by atoms with Gasteiger partial charge in [0, 0.05) is 24.1 Å². The lowest BCUT2D eigenvalue weighted by Gasteiger charge is -2.36. The second kappa shape index (κ2) is 8.48. The number of fused-ring (bicyclic) bond motifs is 1. The molecule has 2 unspecified atom stereocenters. The number of hydrogen-bond acceptors (Lipinski definition) is 4. The quantitative estimate of drug-likeness (QED) is 0.755. The van der Waals surface area contributed by atoms with Gasteiger partial charge >= 0.3 is 5.97 Å². The number of benzene rings is 2. The Bertz CT molecular complexity index is 898. The predicted octanol–water partition coefficient (Wildman–Crippen LogP) is 3.34. The van der Waals surface area contributed by atoms with E-state index in [0.717, 1.165) is 10.5 Å². The summed E-state index contributed by atoms with van der Waals surface area (Å²) in [6.07, 6.45) is 0.647. The third-order valence-electron chi connectivity index (χ3n) is 4.64. The molecule has 0 saturated heterocycles. The van der Waals surface area contributed by atoms with Crippen LogP contribution in [0.15, 0.2) is 53.4 Å². The van der Waals surface area contributed by atoms with E-state index < -0.39 is 17.3 Å². The highest BCUT2D eigenvalue weighted by atomic mass is 32.2. The number of hydrogen-bond donors (Lipinski definition) is 2. The number of carbonyl (C=O) groups is 3. The van der Waals surface area contributed by atoms with Gasteiger partial charge in [-0.3, -0.25) is 9.59 Å². The fourth-order valence-corrected chi connectivity index (χ4v) is 4.32. The van der Waals surface area contributed by atoms with Gasteiger partial charge in [-0.1, -0.05) is 24.3 Å². The third kappa shape index (κ3) is 4.36. The number of thioether (sulfide) groups is 1. The van der Waals surface area contributed by atoms with Crippen LogP contribution in [0.2, 0.25) is 0 Å². The second-order valence-corrected chi connectivity index (χ2v) is 8.10. The number of aliphatic carboxylic acids is 1. The van der Waals surface area contributed by atoms with Gasteiger partial charge in [0.25, 0.3) is 0 Å². The first-order valence-electron chi connectivity index (χ1n) is 9.02. The number of anilines is 1. The Morgan fingerprint density at radius 3 is 2.46 bits per heavy atom. The fraction of sp³-hybridized carbons (Fsp3) is 0.286. The van der Waals surface area contributed by atoms with Crippen molar-refractivity contribution < 1.29 is 19.5 Å². The Balaban J connectivity index is 1.73. The summed E-state index contributed by atoms with van der Waals surface area (Å²) in [6, 6.07) is 13.7. The van der Waals surface area contributed by atoms with Crippen molar-refractivity contribution in [2.45, 2.75) is 36.5 Å². The molecule has 6 nitrogen and oxygen atoms in total. The molecule has 1 aliphatic heterocycles. The van der Waals surface area contributed by atoms with Gasteiger partial charge in [0.15, 0.2) is 6.04 Å². The van der Waals surface area contributed by atoms with E-state index in [0.29, 0.717) is 24.2 Å². The number of nitrogens with one attached hydrogen (secondary N) is 1. The molecule has 28 heavy (non-hydrogen) atoms. The molecule has 146 valence electrons. The topological polar surface area (TPSA) is 86.7 Å². The summed E-state index contributed by atoms with van der Waals surface area (Å²) in [5.74, 6) is -1.36. The summed E-state index contributed by atoms with van der Waals surface area (Å²) < 4.78 is 0. The van der Waals surface area contributed by atoms with Crippen molar-refractivity contribution in [2.75, 3.05) is 11.9 Å². The molecular formula is C21H22N2O4S. The van der Waals surface area contributed by atoms with Crippen LogP contribution in [0.5, 0.6) is 0 Å². The molecule has 2 N–H and O–H groups in total. The molecule has 2 atom stereocenters. The van der Waals surface area contributed by atoms with E-state index in [1.54, 1.807) is 31.2 Å². The molecule has 2 amide bonds. The number of nitrogens with zero attached hydrogens (tertiary/aromatic N) is 1. The molecule has 0 saturated carbocycles. The van der Waals surface area contributed by atoms with Gasteiger partial charge < -0.3 is 15.3 Å². The summed E-state index contributed by atoms with van der Waals surface area (Å²) in [6.45, 7) is 3.62. The van der Waals surface area contributed by atoms with E-state index >= 15 is 0 Å². The Kier molecular flexibility index (Phi) is 6.04. The van der Waals surface area contributed by atoms with E-state index in [2.05, 4.69) is 5.32 Å². The van der Waals surface area contributed by atoms with Crippen LogP contribution in [0.3, 0.4) is 0 Å². The van der Waals surface area contributed by atoms with Crippen molar-refractivity contribution in [3.63, 3.8) is 0 Å². The van der Waals surface area contributed by atoms with E-state index in [1.165, 1.54) is 23.6 Å². The molecule has 1 aliphatic rings. The van der Waals surface area contributed by atoms with E-state index in [4.69, 9.17) is 0 Å². The Labute approximate surface area is 167 Å². The Morgan fingerprint density at radius 2 is 1.82 bits per heavy atom. The maximum absolute atomic E-state index is 13.0. The normalized spacial score (nSPS) is 16.8. The van der Waals surface area contributed by atoms with E-state index in [1.807, 2.05) is 24.3 Å². The van der Waals surface area contributed by atoms with Crippen LogP contribution in [-0.2, 0) is 20.8 Å². The fourth-order valence-electron chi connectivity index (χ4n) is 3.38. The van der Waals surface area contributed by atoms with Crippen LogP contribution >= 0.6 is 11.8 Å². The monoisotopic (exact) mass is 398 g/mol. The van der Waals surface area contributed by atoms with Crippen molar-refractivity contribution in [1.82, 2.24) is 4.90 Å². The minimum atomic E-state index is -1.02. The van der Waals surface area contributed by atoms with E-state index in [9.17, 15) is 19.5 Å². The van der Waals surface area contributed by atoms with Gasteiger partial charge in [-0.2, -0.15) is 0 Å². The number of carboxylic acids is 1. The summed E-state index contributed by atoms with van der Waals surface area (Å²) in [7, 11) is 0. The third-order valence-corrected chi connectivity index (χ3v) is 5.74. The maximum atomic E-state index is 13.0. The smallest absolute Gasteiger partial charge is 0.331 e. The zero-order valence-corrected chi connectivity index (χ0v) is 16.5. The molecule has 0 bridgehead atoms. The number of carboxylic acid groups (broad SMARTS) is 1. The Hall–Kier alpha value is -2.80. The van der Waals surface area contributed by atoms with Crippen molar-refractivity contribution in [3.8, 4) is 0 Å². The molecule has 7 heteroatoms. The van der Waals surface area contributed by atoms with Gasteiger partial charge in [0.05, 0.1) is 5.25 Å². The zero-order chi connectivity index (χ0) is 20.3. The first-order valence-corrected chi connectivity index (χ1v) is 9.90. The minimum Gasteiger partial charge on any atom is -0.479 e. The number of rotatable bonds is 5. The average Bonchev–Trinajstić information content (AvgIpc) is 2.67. The lowest BCUT2D eigenvalue weighted by molar-refractivity contribution is -0.150. The van der Waals surface area contributed by atoms with Crippen LogP contribution in [0.1, 0.15) is 31.0 Å². The van der Waals surface area contributed by atoms with Crippen LogP contribution < -0.4 is 5.32 Å². The molecule has 0 radical (unpaired) electrons. The molecule has 3 rings (SSSR count). The predicted molar refractivity (Wildman–Crippen MR) is 108 cm³/mol. The molecule has 2 aromatic rings. The zero-order valence-electron chi connectivity index (χ0n) is 15.7. The highest BCUT2D eigenvalue weighted by Gasteiger charge is 2.37. The highest BCUT2D eigenvalue weighted by molar-refractivity contribution is 8.00. The van der Waals surface area contributed by atoms with Crippen LogP contribution in [0, 0.1) is 0 Å². The van der Waals surface area contributed by atoms with Crippen LogP contribution in [0.25, 0.3) is 0 Å². The summed E-state index contributed by atoms with van der Waals surface area (Å²) in [4.78, 5) is 38.4. The van der Waals surface area contributed by atoms with Gasteiger partial charge in [0.2, 0.25) is 11.8 Å². The summed E-state index contributed by atoms with van der Waals surface area (Å²) in [5, 5.41) is 12.0.